The molecule has 0 aliphatic rings. The molecule has 104 valence electrons. The second kappa shape index (κ2) is 5.63. The van der Waals surface area contributed by atoms with Crippen LogP contribution in [0.25, 0.3) is 22.0 Å². The predicted octanol–water partition coefficient (Wildman–Crippen LogP) is 3.40. The van der Waals surface area contributed by atoms with Crippen LogP contribution in [0.1, 0.15) is 0 Å². The number of nitrogens with one attached hydrogen (secondary N) is 1. The summed E-state index contributed by atoms with van der Waals surface area (Å²) in [6.07, 6.45) is 0. The van der Waals surface area contributed by atoms with Crippen LogP contribution in [0.2, 0.25) is 0 Å². The largest absolute Gasteiger partial charge is 0.480 e. The lowest BCUT2D eigenvalue weighted by atomic mass is 10.0. The van der Waals surface area contributed by atoms with Gasteiger partial charge in [-0.2, -0.15) is 0 Å². The summed E-state index contributed by atoms with van der Waals surface area (Å²) in [5.74, 6) is -0.346. The fourth-order valence-corrected chi connectivity index (χ4v) is 2.29. The summed E-state index contributed by atoms with van der Waals surface area (Å²) >= 11 is 0. The molecule has 0 unspecified atom stereocenters. The highest BCUT2D eigenvalue weighted by Crippen LogP contribution is 2.29. The summed E-state index contributed by atoms with van der Waals surface area (Å²) in [7, 11) is 0. The summed E-state index contributed by atoms with van der Waals surface area (Å²) in [5.41, 5.74) is 2.95. The van der Waals surface area contributed by atoms with Gasteiger partial charge in [-0.05, 0) is 23.3 Å². The lowest BCUT2D eigenvalue weighted by Crippen LogP contribution is -2.13. The first kappa shape index (κ1) is 13.1. The lowest BCUT2D eigenvalue weighted by molar-refractivity contribution is -0.134. The van der Waals surface area contributed by atoms with Gasteiger partial charge in [0.2, 0.25) is 0 Å². The minimum absolute atomic E-state index is 0.153. The molecule has 3 aromatic rings. The molecule has 1 heterocycles. The van der Waals surface area contributed by atoms with Gasteiger partial charge in [0.05, 0.1) is 5.52 Å². The Labute approximate surface area is 122 Å². The summed E-state index contributed by atoms with van der Waals surface area (Å²) in [5, 5.41) is 12.7. The number of hydrogen-bond acceptors (Lipinski definition) is 3. The molecule has 2 aromatic carbocycles. The molecule has 3 rings (SSSR count). The predicted molar refractivity (Wildman–Crippen MR) is 83.3 cm³/mol. The molecule has 0 saturated carbocycles. The Morgan fingerprint density at radius 3 is 2.52 bits per heavy atom. The number of fused-ring (bicyclic) bond motifs is 1. The molecule has 0 saturated heterocycles. The molecule has 4 heteroatoms. The number of para-hydroxylation sites is 1. The quantitative estimate of drug-likeness (QED) is 0.767. The topological polar surface area (TPSA) is 62.2 Å². The molecule has 0 radical (unpaired) electrons. The van der Waals surface area contributed by atoms with Crippen molar-refractivity contribution in [3.8, 4) is 11.1 Å². The summed E-state index contributed by atoms with van der Waals surface area (Å²) in [4.78, 5) is 15.2. The van der Waals surface area contributed by atoms with Gasteiger partial charge in [0.25, 0.3) is 0 Å². The number of aliphatic carboxylic acids is 1. The standard InChI is InChI=1S/C17H14N2O2/c20-17(21)11-18-16-10-14(12-6-2-1-3-7-12)13-8-4-5-9-15(13)19-16/h1-10H,11H2,(H,18,19)(H,20,21). The van der Waals surface area contributed by atoms with Crippen LogP contribution in [0, 0.1) is 0 Å². The minimum atomic E-state index is -0.911. The first-order valence-electron chi connectivity index (χ1n) is 6.65. The maximum absolute atomic E-state index is 10.7. The highest BCUT2D eigenvalue weighted by atomic mass is 16.4. The van der Waals surface area contributed by atoms with E-state index in [1.165, 1.54) is 0 Å². The van der Waals surface area contributed by atoms with Crippen molar-refractivity contribution in [3.63, 3.8) is 0 Å². The van der Waals surface area contributed by atoms with Gasteiger partial charge in [-0.3, -0.25) is 4.79 Å². The molecule has 0 aliphatic carbocycles. The van der Waals surface area contributed by atoms with Crippen LogP contribution in [0.15, 0.2) is 60.7 Å². The molecule has 0 amide bonds. The third kappa shape index (κ3) is 2.84. The zero-order valence-electron chi connectivity index (χ0n) is 11.3. The third-order valence-electron chi connectivity index (χ3n) is 3.22. The summed E-state index contributed by atoms with van der Waals surface area (Å²) in [6.45, 7) is -0.153. The van der Waals surface area contributed by atoms with E-state index in [-0.39, 0.29) is 6.54 Å². The van der Waals surface area contributed by atoms with Crippen molar-refractivity contribution in [3.05, 3.63) is 60.7 Å². The number of rotatable bonds is 4. The number of hydrogen-bond donors (Lipinski definition) is 2. The van der Waals surface area contributed by atoms with E-state index in [0.29, 0.717) is 5.82 Å². The van der Waals surface area contributed by atoms with Crippen LogP contribution in [0.3, 0.4) is 0 Å². The Morgan fingerprint density at radius 1 is 1.05 bits per heavy atom. The monoisotopic (exact) mass is 278 g/mol. The van der Waals surface area contributed by atoms with Crippen LogP contribution in [0.4, 0.5) is 5.82 Å². The third-order valence-corrected chi connectivity index (χ3v) is 3.22. The maximum Gasteiger partial charge on any atom is 0.322 e. The van der Waals surface area contributed by atoms with Gasteiger partial charge in [-0.25, -0.2) is 4.98 Å². The van der Waals surface area contributed by atoms with Gasteiger partial charge < -0.3 is 10.4 Å². The Kier molecular flexibility index (Phi) is 3.51. The molecular formula is C17H14N2O2. The van der Waals surface area contributed by atoms with Crippen molar-refractivity contribution in [2.24, 2.45) is 0 Å². The highest BCUT2D eigenvalue weighted by Gasteiger charge is 2.08. The lowest BCUT2D eigenvalue weighted by Gasteiger charge is -2.10. The fourth-order valence-electron chi connectivity index (χ4n) is 2.29. The number of carbonyl (C=O) groups is 1. The van der Waals surface area contributed by atoms with Crippen molar-refractivity contribution in [1.29, 1.82) is 0 Å². The van der Waals surface area contributed by atoms with Crippen molar-refractivity contribution < 1.29 is 9.90 Å². The van der Waals surface area contributed by atoms with E-state index < -0.39 is 5.97 Å². The number of aromatic nitrogens is 1. The Hall–Kier alpha value is -2.88. The number of nitrogens with zero attached hydrogens (tertiary/aromatic N) is 1. The van der Waals surface area contributed by atoms with Crippen LogP contribution in [-0.2, 0) is 4.79 Å². The van der Waals surface area contributed by atoms with E-state index in [2.05, 4.69) is 10.3 Å². The van der Waals surface area contributed by atoms with E-state index in [0.717, 1.165) is 22.0 Å². The fraction of sp³-hybridized carbons (Fsp3) is 0.0588. The van der Waals surface area contributed by atoms with Crippen molar-refractivity contribution in [2.45, 2.75) is 0 Å². The van der Waals surface area contributed by atoms with E-state index in [1.807, 2.05) is 60.7 Å². The average molecular weight is 278 g/mol. The Balaban J connectivity index is 2.14. The first-order valence-corrected chi connectivity index (χ1v) is 6.65. The molecule has 0 spiro atoms. The van der Waals surface area contributed by atoms with Crippen molar-refractivity contribution >= 4 is 22.7 Å². The van der Waals surface area contributed by atoms with Crippen molar-refractivity contribution in [1.82, 2.24) is 4.98 Å². The summed E-state index contributed by atoms with van der Waals surface area (Å²) < 4.78 is 0. The molecule has 4 nitrogen and oxygen atoms in total. The van der Waals surface area contributed by atoms with Gasteiger partial charge in [0, 0.05) is 5.39 Å². The summed E-state index contributed by atoms with van der Waals surface area (Å²) in [6, 6.07) is 19.7. The van der Waals surface area contributed by atoms with Gasteiger partial charge in [0.1, 0.15) is 12.4 Å². The molecule has 0 fully saturated rings. The van der Waals surface area contributed by atoms with E-state index in [1.54, 1.807) is 0 Å². The molecular weight excluding hydrogens is 264 g/mol. The zero-order chi connectivity index (χ0) is 14.7. The van der Waals surface area contributed by atoms with E-state index >= 15 is 0 Å². The number of anilines is 1. The van der Waals surface area contributed by atoms with Crippen LogP contribution < -0.4 is 5.32 Å². The van der Waals surface area contributed by atoms with Gasteiger partial charge >= 0.3 is 5.97 Å². The molecule has 0 atom stereocenters. The second-order valence-electron chi connectivity index (χ2n) is 4.69. The molecule has 1 aromatic heterocycles. The SMILES string of the molecule is O=C(O)CNc1cc(-c2ccccc2)c2ccccc2n1. The molecule has 2 N–H and O–H groups in total. The smallest absolute Gasteiger partial charge is 0.322 e. The normalized spacial score (nSPS) is 10.5. The minimum Gasteiger partial charge on any atom is -0.480 e. The van der Waals surface area contributed by atoms with Crippen LogP contribution in [-0.4, -0.2) is 22.6 Å². The Morgan fingerprint density at radius 2 is 1.76 bits per heavy atom. The van der Waals surface area contributed by atoms with Gasteiger partial charge in [-0.15, -0.1) is 0 Å². The number of benzene rings is 2. The molecule has 0 bridgehead atoms. The van der Waals surface area contributed by atoms with Gasteiger partial charge in [-0.1, -0.05) is 48.5 Å². The maximum atomic E-state index is 10.7. The number of pyridine rings is 1. The zero-order valence-corrected chi connectivity index (χ0v) is 11.3. The number of carboxylic acid groups (broad SMARTS) is 1. The first-order chi connectivity index (χ1) is 10.2. The van der Waals surface area contributed by atoms with E-state index in [9.17, 15) is 4.79 Å². The highest BCUT2D eigenvalue weighted by molar-refractivity contribution is 5.96. The van der Waals surface area contributed by atoms with Crippen molar-refractivity contribution in [2.75, 3.05) is 11.9 Å². The van der Waals surface area contributed by atoms with E-state index in [4.69, 9.17) is 5.11 Å². The Bertz CT molecular complexity index is 785. The second-order valence-corrected chi connectivity index (χ2v) is 4.69. The van der Waals surface area contributed by atoms with Gasteiger partial charge in [0.15, 0.2) is 0 Å². The molecule has 21 heavy (non-hydrogen) atoms. The van der Waals surface area contributed by atoms with Crippen LogP contribution in [0.5, 0.6) is 0 Å². The molecule has 0 aliphatic heterocycles. The average Bonchev–Trinajstić information content (AvgIpc) is 2.53. The van der Waals surface area contributed by atoms with Crippen LogP contribution >= 0.6 is 0 Å². The number of carboxylic acids is 1.